The van der Waals surface area contributed by atoms with Gasteiger partial charge >= 0.3 is 6.18 Å². The van der Waals surface area contributed by atoms with Crippen LogP contribution in [0.5, 0.6) is 0 Å². The summed E-state index contributed by atoms with van der Waals surface area (Å²) in [7, 11) is 0. The Morgan fingerprint density at radius 1 is 1.38 bits per heavy atom. The van der Waals surface area contributed by atoms with Crippen LogP contribution in [0.4, 0.5) is 24.5 Å². The average Bonchev–Trinajstić information content (AvgIpc) is 2.41. The third kappa shape index (κ3) is 4.46. The summed E-state index contributed by atoms with van der Waals surface area (Å²) in [6.07, 6.45) is -2.05. The number of nitro benzene ring substituents is 1. The molecule has 1 fully saturated rings. The number of hydrogen-bond donors (Lipinski definition) is 1. The lowest BCUT2D eigenvalue weighted by molar-refractivity contribution is -0.384. The summed E-state index contributed by atoms with van der Waals surface area (Å²) in [6, 6.07) is 2.38. The Labute approximate surface area is 138 Å². The molecule has 0 spiro atoms. The first-order valence-corrected chi connectivity index (χ1v) is 7.65. The smallest absolute Gasteiger partial charge is 0.272 e. The maximum absolute atomic E-state index is 12.7. The Morgan fingerprint density at radius 2 is 2.04 bits per heavy atom. The van der Waals surface area contributed by atoms with E-state index in [1.807, 2.05) is 0 Å². The van der Waals surface area contributed by atoms with E-state index in [1.165, 1.54) is 0 Å². The Kier molecular flexibility index (Phi) is 4.87. The molecule has 0 heterocycles. The molecule has 0 radical (unpaired) electrons. The van der Waals surface area contributed by atoms with Gasteiger partial charge in [-0.05, 0) is 42.7 Å². The molecular formula is C16H20F3N3O2. The van der Waals surface area contributed by atoms with Crippen molar-refractivity contribution in [3.63, 3.8) is 0 Å². The minimum absolute atomic E-state index is 0.0449. The lowest BCUT2D eigenvalue weighted by atomic mass is 9.72. The molecule has 0 aromatic heterocycles. The highest BCUT2D eigenvalue weighted by Crippen LogP contribution is 2.38. The molecule has 24 heavy (non-hydrogen) atoms. The van der Waals surface area contributed by atoms with Crippen molar-refractivity contribution in [3.05, 3.63) is 33.9 Å². The largest absolute Gasteiger partial charge is 0.416 e. The molecule has 1 atom stereocenters. The van der Waals surface area contributed by atoms with Gasteiger partial charge in [-0.2, -0.15) is 18.3 Å². The fourth-order valence-electron chi connectivity index (χ4n) is 3.29. The van der Waals surface area contributed by atoms with Crippen LogP contribution in [-0.2, 0) is 6.18 Å². The van der Waals surface area contributed by atoms with Gasteiger partial charge in [0.15, 0.2) is 0 Å². The minimum atomic E-state index is -4.63. The zero-order chi connectivity index (χ0) is 18.1. The Hall–Kier alpha value is -2.12. The van der Waals surface area contributed by atoms with E-state index in [4.69, 9.17) is 0 Å². The number of hydrazone groups is 1. The molecular weight excluding hydrogens is 323 g/mol. The van der Waals surface area contributed by atoms with Crippen LogP contribution in [-0.4, -0.2) is 10.6 Å². The topological polar surface area (TPSA) is 67.5 Å². The third-order valence-corrected chi connectivity index (χ3v) is 4.02. The van der Waals surface area contributed by atoms with Crippen LogP contribution in [0.15, 0.2) is 23.3 Å². The van der Waals surface area contributed by atoms with Gasteiger partial charge in [0.2, 0.25) is 0 Å². The molecule has 1 aliphatic rings. The van der Waals surface area contributed by atoms with Crippen molar-refractivity contribution in [3.8, 4) is 0 Å². The average molecular weight is 343 g/mol. The molecule has 1 unspecified atom stereocenters. The van der Waals surface area contributed by atoms with E-state index in [1.54, 1.807) is 0 Å². The first-order valence-electron chi connectivity index (χ1n) is 7.65. The van der Waals surface area contributed by atoms with Gasteiger partial charge in [0, 0.05) is 11.8 Å². The number of nitrogens with one attached hydrogen (secondary N) is 1. The number of halogens is 3. The molecule has 1 saturated carbocycles. The SMILES string of the molecule is CC1C/C(=N\Nc2ccc(C(F)(F)F)cc2[N+](=O)[O-])CC(C)(C)C1. The maximum atomic E-state index is 12.7. The number of anilines is 1. The maximum Gasteiger partial charge on any atom is 0.416 e. The van der Waals surface area contributed by atoms with Crippen molar-refractivity contribution < 1.29 is 18.1 Å². The van der Waals surface area contributed by atoms with E-state index in [2.05, 4.69) is 31.3 Å². The summed E-state index contributed by atoms with van der Waals surface area (Å²) in [5.74, 6) is 0.442. The first-order chi connectivity index (χ1) is 11.0. The van der Waals surface area contributed by atoms with Crippen molar-refractivity contribution in [1.29, 1.82) is 0 Å². The second-order valence-electron chi connectivity index (χ2n) is 7.13. The normalized spacial score (nSPS) is 22.4. The number of rotatable bonds is 3. The molecule has 5 nitrogen and oxygen atoms in total. The summed E-state index contributed by atoms with van der Waals surface area (Å²) >= 11 is 0. The lowest BCUT2D eigenvalue weighted by Gasteiger charge is -2.34. The van der Waals surface area contributed by atoms with Crippen molar-refractivity contribution in [2.45, 2.75) is 46.2 Å². The van der Waals surface area contributed by atoms with Crippen molar-refractivity contribution in [2.75, 3.05) is 5.43 Å². The summed E-state index contributed by atoms with van der Waals surface area (Å²) < 4.78 is 38.1. The second kappa shape index (κ2) is 6.41. The third-order valence-electron chi connectivity index (χ3n) is 4.02. The summed E-state index contributed by atoms with van der Waals surface area (Å²) in [6.45, 7) is 6.36. The van der Waals surface area contributed by atoms with Crippen molar-refractivity contribution in [2.24, 2.45) is 16.4 Å². The van der Waals surface area contributed by atoms with Gasteiger partial charge in [0.25, 0.3) is 5.69 Å². The number of nitro groups is 1. The monoisotopic (exact) mass is 343 g/mol. The molecule has 0 amide bonds. The van der Waals surface area contributed by atoms with Gasteiger partial charge in [0.05, 0.1) is 10.5 Å². The quantitative estimate of drug-likeness (QED) is 0.604. The lowest BCUT2D eigenvalue weighted by Crippen LogP contribution is -2.28. The highest BCUT2D eigenvalue weighted by molar-refractivity contribution is 5.87. The van der Waals surface area contributed by atoms with E-state index < -0.39 is 22.4 Å². The van der Waals surface area contributed by atoms with Crippen LogP contribution in [0.25, 0.3) is 0 Å². The van der Waals surface area contributed by atoms with Gasteiger partial charge in [0.1, 0.15) is 5.69 Å². The van der Waals surface area contributed by atoms with Crippen molar-refractivity contribution >= 4 is 17.1 Å². The molecule has 2 rings (SSSR count). The fraction of sp³-hybridized carbons (Fsp3) is 0.562. The Bertz CT molecular complexity index is 669. The Balaban J connectivity index is 2.26. The number of alkyl halides is 3. The highest BCUT2D eigenvalue weighted by atomic mass is 19.4. The molecule has 0 aliphatic heterocycles. The molecule has 1 aliphatic carbocycles. The predicted octanol–water partition coefficient (Wildman–Crippen LogP) is 5.23. The molecule has 1 aromatic rings. The van der Waals surface area contributed by atoms with E-state index in [9.17, 15) is 23.3 Å². The number of hydrogen-bond acceptors (Lipinski definition) is 4. The van der Waals surface area contributed by atoms with E-state index >= 15 is 0 Å². The summed E-state index contributed by atoms with van der Waals surface area (Å²) in [5, 5.41) is 15.3. The first kappa shape index (κ1) is 18.2. The molecule has 132 valence electrons. The van der Waals surface area contributed by atoms with Crippen LogP contribution in [0.1, 0.15) is 45.6 Å². The summed E-state index contributed by atoms with van der Waals surface area (Å²) in [5.41, 5.74) is 1.79. The molecule has 1 N–H and O–H groups in total. The zero-order valence-corrected chi connectivity index (χ0v) is 13.8. The van der Waals surface area contributed by atoms with E-state index in [0.717, 1.165) is 37.1 Å². The van der Waals surface area contributed by atoms with Crippen LogP contribution in [0.3, 0.4) is 0 Å². The van der Waals surface area contributed by atoms with Gasteiger partial charge in [-0.15, -0.1) is 0 Å². The predicted molar refractivity (Wildman–Crippen MR) is 86.0 cm³/mol. The number of nitrogens with zero attached hydrogens (tertiary/aromatic N) is 2. The van der Waals surface area contributed by atoms with E-state index in [-0.39, 0.29) is 11.1 Å². The molecule has 1 aromatic carbocycles. The van der Waals surface area contributed by atoms with E-state index in [0.29, 0.717) is 12.0 Å². The van der Waals surface area contributed by atoms with Gasteiger partial charge in [-0.25, -0.2) is 0 Å². The van der Waals surface area contributed by atoms with Crippen LogP contribution < -0.4 is 5.43 Å². The molecule has 8 heteroatoms. The molecule has 0 bridgehead atoms. The second-order valence-corrected chi connectivity index (χ2v) is 7.13. The standard InChI is InChI=1S/C16H20F3N3O2/c1-10-6-12(9-15(2,3)8-10)20-21-13-5-4-11(16(17,18)19)7-14(13)22(23)24/h4-5,7,10,21H,6,8-9H2,1-3H3/b20-12+. The van der Waals surface area contributed by atoms with Gasteiger partial charge in [-0.3, -0.25) is 15.5 Å². The van der Waals surface area contributed by atoms with Crippen LogP contribution in [0.2, 0.25) is 0 Å². The Morgan fingerprint density at radius 3 is 2.58 bits per heavy atom. The summed E-state index contributed by atoms with van der Waals surface area (Å²) in [4.78, 5) is 10.2. The number of benzene rings is 1. The molecule has 0 saturated heterocycles. The van der Waals surface area contributed by atoms with Crippen LogP contribution >= 0.6 is 0 Å². The van der Waals surface area contributed by atoms with Crippen LogP contribution in [0, 0.1) is 21.4 Å². The van der Waals surface area contributed by atoms with Crippen molar-refractivity contribution in [1.82, 2.24) is 0 Å². The fourth-order valence-corrected chi connectivity index (χ4v) is 3.29. The minimum Gasteiger partial charge on any atom is -0.272 e. The van der Waals surface area contributed by atoms with Gasteiger partial charge < -0.3 is 0 Å². The van der Waals surface area contributed by atoms with Gasteiger partial charge in [-0.1, -0.05) is 20.8 Å². The zero-order valence-electron chi connectivity index (χ0n) is 13.8. The highest BCUT2D eigenvalue weighted by Gasteiger charge is 2.33.